The summed E-state index contributed by atoms with van der Waals surface area (Å²) in [6.45, 7) is 13.2. The molecule has 0 amide bonds. The van der Waals surface area contributed by atoms with Crippen LogP contribution in [-0.2, 0) is 0 Å². The number of unbranched alkanes of at least 4 members (excludes halogenated alkanes) is 1. The zero-order chi connectivity index (χ0) is 14.3. The van der Waals surface area contributed by atoms with Crippen LogP contribution in [0.1, 0.15) is 59.8 Å². The van der Waals surface area contributed by atoms with E-state index in [0.717, 1.165) is 23.8 Å². The Morgan fingerprint density at radius 1 is 1.21 bits per heavy atom. The van der Waals surface area contributed by atoms with E-state index in [-0.39, 0.29) is 0 Å². The highest BCUT2D eigenvalue weighted by atomic mass is 15.1. The minimum absolute atomic E-state index is 0.741. The van der Waals surface area contributed by atoms with Gasteiger partial charge < -0.3 is 10.2 Å². The Bertz CT molecular complexity index is 227. The minimum atomic E-state index is 0.741. The lowest BCUT2D eigenvalue weighted by Crippen LogP contribution is -2.45. The van der Waals surface area contributed by atoms with Crippen molar-refractivity contribution in [2.75, 3.05) is 26.7 Å². The van der Waals surface area contributed by atoms with Crippen molar-refractivity contribution < 1.29 is 0 Å². The maximum Gasteiger partial charge on any atom is 0.0105 e. The average Bonchev–Trinajstić information content (AvgIpc) is 2.43. The van der Waals surface area contributed by atoms with Crippen molar-refractivity contribution in [2.45, 2.75) is 65.8 Å². The van der Waals surface area contributed by atoms with Crippen LogP contribution in [0, 0.1) is 17.8 Å². The molecule has 3 unspecified atom stereocenters. The Morgan fingerprint density at radius 3 is 2.47 bits per heavy atom. The summed E-state index contributed by atoms with van der Waals surface area (Å²) in [5.74, 6) is 2.65. The van der Waals surface area contributed by atoms with Gasteiger partial charge in [-0.25, -0.2) is 0 Å². The average molecular weight is 268 g/mol. The molecule has 0 aromatic rings. The maximum atomic E-state index is 3.57. The summed E-state index contributed by atoms with van der Waals surface area (Å²) < 4.78 is 0. The van der Waals surface area contributed by atoms with Gasteiger partial charge in [-0.05, 0) is 63.6 Å². The molecular formula is C17H36N2. The Hall–Kier alpha value is -0.0800. The van der Waals surface area contributed by atoms with Crippen molar-refractivity contribution in [2.24, 2.45) is 17.8 Å². The molecular weight excluding hydrogens is 232 g/mol. The molecule has 0 aliphatic heterocycles. The van der Waals surface area contributed by atoms with E-state index < -0.39 is 0 Å². The van der Waals surface area contributed by atoms with Crippen molar-refractivity contribution >= 4 is 0 Å². The highest BCUT2D eigenvalue weighted by molar-refractivity contribution is 4.86. The van der Waals surface area contributed by atoms with Gasteiger partial charge in [0.05, 0.1) is 0 Å². The predicted molar refractivity (Wildman–Crippen MR) is 85.5 cm³/mol. The predicted octanol–water partition coefficient (Wildman–Crippen LogP) is 3.77. The number of nitrogens with one attached hydrogen (secondary N) is 1. The molecule has 1 aliphatic carbocycles. The van der Waals surface area contributed by atoms with Gasteiger partial charge in [0.15, 0.2) is 0 Å². The maximum absolute atomic E-state index is 3.57. The van der Waals surface area contributed by atoms with E-state index in [9.17, 15) is 0 Å². The van der Waals surface area contributed by atoms with Gasteiger partial charge in [0.1, 0.15) is 0 Å². The van der Waals surface area contributed by atoms with Crippen molar-refractivity contribution in [3.8, 4) is 0 Å². The van der Waals surface area contributed by atoms with Gasteiger partial charge in [-0.15, -0.1) is 0 Å². The fraction of sp³-hybridized carbons (Fsp3) is 1.00. The third-order valence-electron chi connectivity index (χ3n) is 5.10. The monoisotopic (exact) mass is 268 g/mol. The van der Waals surface area contributed by atoms with E-state index in [0.29, 0.717) is 0 Å². The molecule has 0 saturated heterocycles. The third kappa shape index (κ3) is 5.43. The largest absolute Gasteiger partial charge is 0.317 e. The van der Waals surface area contributed by atoms with E-state index in [1.165, 1.54) is 51.7 Å². The van der Waals surface area contributed by atoms with Crippen molar-refractivity contribution in [3.05, 3.63) is 0 Å². The molecule has 2 nitrogen and oxygen atoms in total. The first-order valence-electron chi connectivity index (χ1n) is 8.51. The van der Waals surface area contributed by atoms with Gasteiger partial charge in [-0.1, -0.05) is 34.1 Å². The molecule has 1 rings (SSSR count). The van der Waals surface area contributed by atoms with Crippen LogP contribution in [0.4, 0.5) is 0 Å². The molecule has 0 aromatic heterocycles. The summed E-state index contributed by atoms with van der Waals surface area (Å²) in [6.07, 6.45) is 6.87. The van der Waals surface area contributed by atoms with E-state index in [1.54, 1.807) is 0 Å². The van der Waals surface area contributed by atoms with Crippen LogP contribution in [0.3, 0.4) is 0 Å². The summed E-state index contributed by atoms with van der Waals surface area (Å²) in [5.41, 5.74) is 0. The topological polar surface area (TPSA) is 15.3 Å². The highest BCUT2D eigenvalue weighted by Gasteiger charge is 2.31. The SMILES string of the molecule is CCCCN(CC)CC1CC(C(C)C)CCC1NC. The van der Waals surface area contributed by atoms with Crippen molar-refractivity contribution in [1.29, 1.82) is 0 Å². The van der Waals surface area contributed by atoms with Crippen molar-refractivity contribution in [1.82, 2.24) is 10.2 Å². The van der Waals surface area contributed by atoms with Crippen LogP contribution in [-0.4, -0.2) is 37.6 Å². The standard InChI is InChI=1S/C17H36N2/c1-6-8-11-19(7-2)13-16-12-15(14(3)4)9-10-17(16)18-5/h14-18H,6-13H2,1-5H3. The third-order valence-corrected chi connectivity index (χ3v) is 5.10. The van der Waals surface area contributed by atoms with Gasteiger partial charge in [-0.2, -0.15) is 0 Å². The molecule has 3 atom stereocenters. The molecule has 0 bridgehead atoms. The quantitative estimate of drug-likeness (QED) is 0.721. The number of rotatable bonds is 8. The van der Waals surface area contributed by atoms with Crippen LogP contribution in [0.2, 0.25) is 0 Å². The first kappa shape index (κ1) is 17.0. The second-order valence-electron chi connectivity index (χ2n) is 6.72. The van der Waals surface area contributed by atoms with Gasteiger partial charge >= 0.3 is 0 Å². The minimum Gasteiger partial charge on any atom is -0.317 e. The molecule has 1 N–H and O–H groups in total. The molecule has 0 radical (unpaired) electrons. The molecule has 114 valence electrons. The van der Waals surface area contributed by atoms with Crippen molar-refractivity contribution in [3.63, 3.8) is 0 Å². The highest BCUT2D eigenvalue weighted by Crippen LogP contribution is 2.34. The number of nitrogens with zero attached hydrogens (tertiary/aromatic N) is 1. The van der Waals surface area contributed by atoms with E-state index >= 15 is 0 Å². The summed E-state index contributed by atoms with van der Waals surface area (Å²) in [6, 6.07) is 0.741. The Morgan fingerprint density at radius 2 is 1.95 bits per heavy atom. The van der Waals surface area contributed by atoms with Gasteiger partial charge in [-0.3, -0.25) is 0 Å². The molecule has 2 heteroatoms. The Kier molecular flexibility index (Phi) is 8.01. The van der Waals surface area contributed by atoms with Gasteiger partial charge in [0.25, 0.3) is 0 Å². The van der Waals surface area contributed by atoms with Gasteiger partial charge in [0, 0.05) is 12.6 Å². The molecule has 0 heterocycles. The van der Waals surface area contributed by atoms with E-state index in [4.69, 9.17) is 0 Å². The van der Waals surface area contributed by atoms with E-state index in [1.807, 2.05) is 0 Å². The molecule has 1 fully saturated rings. The Balaban J connectivity index is 2.53. The molecule has 19 heavy (non-hydrogen) atoms. The van der Waals surface area contributed by atoms with Crippen LogP contribution in [0.5, 0.6) is 0 Å². The molecule has 0 aromatic carbocycles. The molecule has 1 aliphatic rings. The molecule has 0 spiro atoms. The van der Waals surface area contributed by atoms with E-state index in [2.05, 4.69) is 45.0 Å². The first-order valence-corrected chi connectivity index (χ1v) is 8.51. The van der Waals surface area contributed by atoms with Gasteiger partial charge in [0.2, 0.25) is 0 Å². The lowest BCUT2D eigenvalue weighted by Gasteiger charge is -2.40. The lowest BCUT2D eigenvalue weighted by atomic mass is 9.73. The summed E-state index contributed by atoms with van der Waals surface area (Å²) >= 11 is 0. The number of hydrogen-bond acceptors (Lipinski definition) is 2. The second kappa shape index (κ2) is 8.97. The first-order chi connectivity index (χ1) is 9.12. The van der Waals surface area contributed by atoms with Crippen LogP contribution in [0.25, 0.3) is 0 Å². The van der Waals surface area contributed by atoms with Crippen LogP contribution < -0.4 is 5.32 Å². The van der Waals surface area contributed by atoms with Crippen LogP contribution >= 0.6 is 0 Å². The second-order valence-corrected chi connectivity index (χ2v) is 6.72. The fourth-order valence-corrected chi connectivity index (χ4v) is 3.58. The Labute approximate surface area is 121 Å². The summed E-state index contributed by atoms with van der Waals surface area (Å²) in [4.78, 5) is 2.67. The smallest absolute Gasteiger partial charge is 0.0105 e. The summed E-state index contributed by atoms with van der Waals surface area (Å²) in [7, 11) is 2.15. The number of hydrogen-bond donors (Lipinski definition) is 1. The fourth-order valence-electron chi connectivity index (χ4n) is 3.58. The lowest BCUT2D eigenvalue weighted by molar-refractivity contribution is 0.126. The molecule has 1 saturated carbocycles. The summed E-state index contributed by atoms with van der Waals surface area (Å²) in [5, 5.41) is 3.57. The zero-order valence-electron chi connectivity index (χ0n) is 13.9. The van der Waals surface area contributed by atoms with Crippen LogP contribution in [0.15, 0.2) is 0 Å². The normalized spacial score (nSPS) is 28.3. The zero-order valence-corrected chi connectivity index (χ0v) is 13.9.